The Hall–Kier alpha value is -5.12. The largest absolute Gasteiger partial charge is 0.550 e. The number of aliphatic hydroxyl groups is 9. The first kappa shape index (κ1) is 104. The maximum atomic E-state index is 10.1. The molecule has 0 saturated heterocycles. The first-order valence-corrected chi connectivity index (χ1v) is 27.1. The van der Waals surface area contributed by atoms with E-state index >= 15 is 0 Å². The molecule has 0 aliphatic heterocycles. The van der Waals surface area contributed by atoms with E-state index < -0.39 is 84.7 Å². The van der Waals surface area contributed by atoms with E-state index in [0.717, 1.165) is 77.2 Å². The Kier molecular flexibility index (Phi) is 64.2. The number of aliphatic hydroxyl groups excluding tert-OH is 7. The van der Waals surface area contributed by atoms with Gasteiger partial charge in [0, 0.05) is 62.1 Å². The fourth-order valence-corrected chi connectivity index (χ4v) is 4.13. The van der Waals surface area contributed by atoms with E-state index in [1.807, 2.05) is 0 Å². The number of quaternary nitrogens is 7. The zero-order chi connectivity index (χ0) is 72.3. The lowest BCUT2D eigenvalue weighted by molar-refractivity contribution is -0.870. The number of likely N-dealkylation sites (N-methyl/N-ethyl adjacent to an activating group) is 7. The minimum Gasteiger partial charge on any atom is -0.550 e. The maximum Gasteiger partial charge on any atom is 0.185 e. The zero-order valence-electron chi connectivity index (χ0n) is 56.5. The smallest absolute Gasteiger partial charge is 0.185 e. The molecule has 15 N–H and O–H groups in total. The highest BCUT2D eigenvalue weighted by Crippen LogP contribution is 2.14. The Morgan fingerprint density at radius 3 is 0.632 bits per heavy atom. The van der Waals surface area contributed by atoms with Crippen molar-refractivity contribution < 1.29 is 147 Å². The summed E-state index contributed by atoms with van der Waals surface area (Å²) in [7, 11) is 43.1. The second kappa shape index (κ2) is 53.9. The summed E-state index contributed by atoms with van der Waals surface area (Å²) in [6, 6.07) is -0.932. The van der Waals surface area contributed by atoms with Crippen molar-refractivity contribution in [1.29, 1.82) is 5.41 Å². The van der Waals surface area contributed by atoms with Gasteiger partial charge in [0.1, 0.15) is 57.0 Å². The van der Waals surface area contributed by atoms with Gasteiger partial charge in [0.2, 0.25) is 0 Å². The van der Waals surface area contributed by atoms with Crippen molar-refractivity contribution in [2.75, 3.05) is 247 Å². The monoisotopic (exact) mass is 1280 g/mol. The Labute approximate surface area is 517 Å². The highest BCUT2D eigenvalue weighted by Gasteiger charge is 2.30. The fourth-order valence-electron chi connectivity index (χ4n) is 4.13. The number of carbonyl (C=O) groups is 7. The fraction of sp³-hybridized carbons (Fsp3) is 0.849. The van der Waals surface area contributed by atoms with E-state index in [-0.39, 0.29) is 52.2 Å². The van der Waals surface area contributed by atoms with Crippen LogP contribution >= 0.6 is 0 Å². The number of nitrogens with two attached hydrogens (primary N) is 2. The van der Waals surface area contributed by atoms with Crippen molar-refractivity contribution in [1.82, 2.24) is 5.32 Å². The SMILES string of the molecule is C[N+](C)(C)CCO.C[N+](C)(C)CCO.C[N+](C)(C)CCO.C[N+](C)(C)CCO.C[N+](C)(C)CCO.C[N+](C)(C)CCO.C[N+](C)(C)CCO.N=C(N)NCCC[C@H](N)C(=O)[O-].O=C([O-])CC(O)(CC(=O)[O-])C(=O)[O-].O=C([O-])CC(O)(CC(=O)[O-])C(=O)[O-]. The molecular formula is C53H121N11O23. The second-order valence-corrected chi connectivity index (χ2v) is 26.4. The first-order valence-electron chi connectivity index (χ1n) is 27.1. The third-order valence-corrected chi connectivity index (χ3v) is 9.21. The average molecular weight is 1280 g/mol. The molecule has 0 radical (unpaired) electrons. The predicted octanol–water partition coefficient (Wildman–Crippen LogP) is -15.4. The van der Waals surface area contributed by atoms with Gasteiger partial charge in [-0.2, -0.15) is 0 Å². The molecule has 0 aromatic carbocycles. The average Bonchev–Trinajstić information content (AvgIpc) is 3.23. The molecule has 1 atom stereocenters. The van der Waals surface area contributed by atoms with Crippen LogP contribution in [0.15, 0.2) is 0 Å². The van der Waals surface area contributed by atoms with Gasteiger partial charge in [0.25, 0.3) is 0 Å². The van der Waals surface area contributed by atoms with E-state index in [0.29, 0.717) is 19.4 Å². The number of carbonyl (C=O) groups excluding carboxylic acids is 7. The van der Waals surface area contributed by atoms with Gasteiger partial charge >= 0.3 is 0 Å². The second-order valence-electron chi connectivity index (χ2n) is 26.4. The summed E-state index contributed by atoms with van der Waals surface area (Å²) in [5.41, 5.74) is 4.19. The lowest BCUT2D eigenvalue weighted by atomic mass is 9.96. The van der Waals surface area contributed by atoms with Crippen LogP contribution in [0.25, 0.3) is 0 Å². The van der Waals surface area contributed by atoms with E-state index in [1.54, 1.807) is 0 Å². The van der Waals surface area contributed by atoms with Crippen molar-refractivity contribution in [3.8, 4) is 0 Å². The Morgan fingerprint density at radius 1 is 0.391 bits per heavy atom. The molecule has 0 heterocycles. The van der Waals surface area contributed by atoms with Gasteiger partial charge in [0.15, 0.2) is 5.96 Å². The van der Waals surface area contributed by atoms with E-state index in [4.69, 9.17) is 62.8 Å². The van der Waals surface area contributed by atoms with Crippen LogP contribution in [-0.2, 0) is 33.6 Å². The number of guanidine groups is 1. The summed E-state index contributed by atoms with van der Waals surface area (Å²) in [6.07, 6.45) is -4.56. The topological polar surface area (TPSA) is 551 Å². The van der Waals surface area contributed by atoms with E-state index in [9.17, 15) is 69.3 Å². The normalized spacial score (nSPS) is 11.7. The molecule has 0 fully saturated rings. The summed E-state index contributed by atoms with van der Waals surface area (Å²) in [5.74, 6) is -13.3. The predicted molar refractivity (Wildman–Crippen MR) is 310 cm³/mol. The number of rotatable bonds is 29. The van der Waals surface area contributed by atoms with Gasteiger partial charge in [0.05, 0.1) is 212 Å². The van der Waals surface area contributed by atoms with Crippen LogP contribution in [0.2, 0.25) is 0 Å². The number of aliphatic carboxylic acids is 7. The van der Waals surface area contributed by atoms with Crippen LogP contribution in [0.1, 0.15) is 38.5 Å². The third kappa shape index (κ3) is 116. The van der Waals surface area contributed by atoms with Crippen LogP contribution in [0.5, 0.6) is 0 Å². The summed E-state index contributed by atoms with van der Waals surface area (Å²) >= 11 is 0. The van der Waals surface area contributed by atoms with Crippen molar-refractivity contribution in [3.63, 3.8) is 0 Å². The standard InChI is InChI=1S/C6H14N4O2.2C6H8O7.7C5H14NO/c7-4(5(11)12)2-1-3-10-6(8)9;2*7-3(8)1-6(13,5(11)12)2-4(9)10;7*1-6(2,3)4-5-7/h4H,1-3,7H2,(H,11,12)(H4,8,9,10);2*13H,1-2H2,(H,7,8)(H,9,10)(H,11,12);7*7H,4-5H2,1-3H3/q;;;7*+1/p-7/t4-;;;;;;;;;/m0........./s1. The van der Waals surface area contributed by atoms with Crippen molar-refractivity contribution in [2.45, 2.75) is 55.8 Å². The van der Waals surface area contributed by atoms with Crippen LogP contribution in [0, 0.1) is 5.41 Å². The number of nitrogens with one attached hydrogen (secondary N) is 2. The molecule has 0 aromatic heterocycles. The Bertz CT molecular complexity index is 1550. The number of carboxylic acids is 7. The molecule has 34 nitrogen and oxygen atoms in total. The van der Waals surface area contributed by atoms with Crippen molar-refractivity contribution in [2.24, 2.45) is 11.5 Å². The van der Waals surface area contributed by atoms with E-state index in [2.05, 4.69) is 153 Å². The minimum absolute atomic E-state index is 0.128. The molecule has 0 saturated carbocycles. The minimum atomic E-state index is -2.97. The molecule has 0 unspecified atom stereocenters. The molecule has 0 amide bonds. The van der Waals surface area contributed by atoms with Crippen LogP contribution in [0.4, 0.5) is 0 Å². The van der Waals surface area contributed by atoms with Crippen molar-refractivity contribution in [3.05, 3.63) is 0 Å². The molecule has 0 spiro atoms. The highest BCUT2D eigenvalue weighted by molar-refractivity contribution is 5.86. The van der Waals surface area contributed by atoms with Gasteiger partial charge in [-0.3, -0.25) is 5.41 Å². The zero-order valence-corrected chi connectivity index (χ0v) is 56.5. The van der Waals surface area contributed by atoms with Gasteiger partial charge in [-0.1, -0.05) is 0 Å². The molecule has 0 aliphatic carbocycles. The van der Waals surface area contributed by atoms with E-state index in [1.165, 1.54) is 0 Å². The number of nitrogens with zero attached hydrogens (tertiary/aromatic N) is 7. The molecule has 87 heavy (non-hydrogen) atoms. The number of hydrogen-bond donors (Lipinski definition) is 13. The van der Waals surface area contributed by atoms with Crippen LogP contribution in [0.3, 0.4) is 0 Å². The highest BCUT2D eigenvalue weighted by atomic mass is 16.4. The Morgan fingerprint density at radius 2 is 0.552 bits per heavy atom. The van der Waals surface area contributed by atoms with Gasteiger partial charge in [-0.25, -0.2) is 0 Å². The lowest BCUT2D eigenvalue weighted by Crippen LogP contribution is -2.54. The molecular weight excluding hydrogens is 1160 g/mol. The van der Waals surface area contributed by atoms with Gasteiger partial charge < -0.3 is 163 Å². The first-order chi connectivity index (χ1) is 38.5. The number of carboxylic acid groups (broad SMARTS) is 7. The summed E-state index contributed by atoms with van der Waals surface area (Å²) < 4.78 is 5.91. The summed E-state index contributed by atoms with van der Waals surface area (Å²) in [4.78, 5) is 70.1. The number of hydrogen-bond acceptors (Lipinski definition) is 25. The van der Waals surface area contributed by atoms with Gasteiger partial charge in [-0.05, 0) is 12.8 Å². The lowest BCUT2D eigenvalue weighted by Gasteiger charge is -2.29. The molecule has 0 aliphatic rings. The van der Waals surface area contributed by atoms with Crippen molar-refractivity contribution >= 4 is 47.7 Å². The molecule has 0 bridgehead atoms. The quantitative estimate of drug-likeness (QED) is 0.0143. The Balaban J connectivity index is -0.0000000959. The maximum absolute atomic E-state index is 10.1. The molecule has 34 heteroatoms. The summed E-state index contributed by atoms with van der Waals surface area (Å²) in [6.45, 7) is 8.26. The molecule has 0 aromatic rings. The third-order valence-electron chi connectivity index (χ3n) is 9.21. The van der Waals surface area contributed by atoms with Crippen LogP contribution < -0.4 is 52.5 Å². The molecule has 0 rings (SSSR count). The molecule has 526 valence electrons. The summed E-state index contributed by atoms with van der Waals surface area (Å²) in [5, 5.41) is 156. The van der Waals surface area contributed by atoms with Crippen LogP contribution in [-0.4, -0.2) is 389 Å². The van der Waals surface area contributed by atoms with Gasteiger partial charge in [-0.15, -0.1) is 0 Å².